The van der Waals surface area contributed by atoms with E-state index in [1.165, 1.54) is 19.3 Å². The van der Waals surface area contributed by atoms with Gasteiger partial charge in [0.1, 0.15) is 0 Å². The highest BCUT2D eigenvalue weighted by atomic mass is 16.5. The maximum atomic E-state index is 11.4. The summed E-state index contributed by atoms with van der Waals surface area (Å²) in [6.07, 6.45) is 4.77. The number of Topliss-reactive ketones (excluding diaryl/α,β-unsaturated/α-hetero) is 2. The van der Waals surface area contributed by atoms with Crippen LogP contribution < -0.4 is 4.74 Å². The lowest BCUT2D eigenvalue weighted by Crippen LogP contribution is -2.10. The average Bonchev–Trinajstić information content (AvgIpc) is 2.39. The molecule has 0 aliphatic carbocycles. The molecule has 0 bridgehead atoms. The van der Waals surface area contributed by atoms with Gasteiger partial charge in [-0.15, -0.1) is 6.58 Å². The van der Waals surface area contributed by atoms with Crippen molar-refractivity contribution in [3.8, 4) is 11.5 Å². The van der Waals surface area contributed by atoms with Crippen LogP contribution in [0, 0.1) is 0 Å². The van der Waals surface area contributed by atoms with Crippen LogP contribution in [0.1, 0.15) is 18.4 Å². The molecule has 0 saturated heterocycles. The molecule has 0 heterocycles. The molecule has 0 saturated carbocycles. The molecule has 0 spiro atoms. The fraction of sp³-hybridized carbons (Fsp3) is 0.200. The Hall–Kier alpha value is -2.36. The number of hydrogen-bond acceptors (Lipinski definition) is 4. The fourth-order valence-corrected chi connectivity index (χ4v) is 1.47. The molecule has 1 aromatic rings. The number of phenols is 1. The van der Waals surface area contributed by atoms with Gasteiger partial charge in [0.25, 0.3) is 0 Å². The minimum Gasteiger partial charge on any atom is -0.504 e. The maximum Gasteiger partial charge on any atom is 0.202 e. The van der Waals surface area contributed by atoms with E-state index in [-0.39, 0.29) is 18.6 Å². The summed E-state index contributed by atoms with van der Waals surface area (Å²) in [4.78, 5) is 22.6. The van der Waals surface area contributed by atoms with Crippen molar-refractivity contribution >= 4 is 17.6 Å². The molecule has 0 aliphatic rings. The van der Waals surface area contributed by atoms with Crippen molar-refractivity contribution in [3.05, 3.63) is 42.5 Å². The number of carbonyl (C=O) groups excluding carboxylic acids is 2. The van der Waals surface area contributed by atoms with Gasteiger partial charge in [0, 0.05) is 12.8 Å². The number of aromatic hydroxyl groups is 1. The molecule has 0 aliphatic heterocycles. The number of benzene rings is 1. The van der Waals surface area contributed by atoms with E-state index in [0.717, 1.165) is 5.56 Å². The number of ketones is 2. The van der Waals surface area contributed by atoms with E-state index >= 15 is 0 Å². The van der Waals surface area contributed by atoms with E-state index in [2.05, 4.69) is 6.58 Å². The lowest BCUT2D eigenvalue weighted by Gasteiger charge is -2.03. The number of ether oxygens (including phenoxy) is 1. The van der Waals surface area contributed by atoms with E-state index in [4.69, 9.17) is 4.74 Å². The minimum atomic E-state index is -0.450. The lowest BCUT2D eigenvalue weighted by atomic mass is 10.1. The van der Waals surface area contributed by atoms with Gasteiger partial charge in [0.05, 0.1) is 7.11 Å². The predicted octanol–water partition coefficient (Wildman–Crippen LogP) is 2.52. The number of phenolic OH excluding ortho intramolecular Hbond substituents is 1. The first-order valence-corrected chi connectivity index (χ1v) is 5.79. The summed E-state index contributed by atoms with van der Waals surface area (Å²) in [5, 5.41) is 9.57. The van der Waals surface area contributed by atoms with Gasteiger partial charge in [0.2, 0.25) is 11.6 Å². The third-order valence-electron chi connectivity index (χ3n) is 2.46. The Bertz CT molecular complexity index is 515. The first-order valence-electron chi connectivity index (χ1n) is 5.79. The molecule has 100 valence electrons. The number of methoxy groups -OCH3 is 1. The SMILES string of the molecule is C=CCC(=O)C(=O)C/C=C\c1ccc(OC)c(O)c1. The standard InChI is InChI=1S/C15H16O4/c1-3-5-12(16)13(17)7-4-6-11-8-9-15(19-2)14(18)10-11/h3-4,6,8-10,18H,1,5,7H2,2H3/b6-4-. The van der Waals surface area contributed by atoms with Gasteiger partial charge in [-0.05, 0) is 17.7 Å². The van der Waals surface area contributed by atoms with Crippen LogP contribution in [0.3, 0.4) is 0 Å². The highest BCUT2D eigenvalue weighted by molar-refractivity contribution is 6.37. The summed E-state index contributed by atoms with van der Waals surface area (Å²) in [6, 6.07) is 4.89. The summed E-state index contributed by atoms with van der Waals surface area (Å²) >= 11 is 0. The van der Waals surface area contributed by atoms with Gasteiger partial charge in [-0.3, -0.25) is 9.59 Å². The first kappa shape index (κ1) is 14.7. The van der Waals surface area contributed by atoms with Gasteiger partial charge >= 0.3 is 0 Å². The summed E-state index contributed by atoms with van der Waals surface area (Å²) < 4.78 is 4.92. The van der Waals surface area contributed by atoms with E-state index in [1.807, 2.05) is 0 Å². The summed E-state index contributed by atoms with van der Waals surface area (Å²) in [7, 11) is 1.47. The molecule has 0 unspecified atom stereocenters. The van der Waals surface area contributed by atoms with E-state index in [9.17, 15) is 14.7 Å². The quantitative estimate of drug-likeness (QED) is 0.604. The second kappa shape index (κ2) is 7.16. The number of allylic oxidation sites excluding steroid dienone is 2. The van der Waals surface area contributed by atoms with Crippen LogP contribution >= 0.6 is 0 Å². The second-order valence-electron chi connectivity index (χ2n) is 3.88. The van der Waals surface area contributed by atoms with E-state index in [1.54, 1.807) is 24.3 Å². The fourth-order valence-electron chi connectivity index (χ4n) is 1.47. The van der Waals surface area contributed by atoms with Crippen LogP contribution in [-0.4, -0.2) is 23.8 Å². The van der Waals surface area contributed by atoms with Gasteiger partial charge in [-0.2, -0.15) is 0 Å². The van der Waals surface area contributed by atoms with Crippen molar-refractivity contribution < 1.29 is 19.4 Å². The maximum absolute atomic E-state index is 11.4. The molecule has 19 heavy (non-hydrogen) atoms. The third-order valence-corrected chi connectivity index (χ3v) is 2.46. The van der Waals surface area contributed by atoms with Crippen molar-refractivity contribution in [2.75, 3.05) is 7.11 Å². The highest BCUT2D eigenvalue weighted by Gasteiger charge is 2.09. The predicted molar refractivity (Wildman–Crippen MR) is 73.1 cm³/mol. The number of rotatable bonds is 7. The van der Waals surface area contributed by atoms with Gasteiger partial charge in [0.15, 0.2) is 11.5 Å². The average molecular weight is 260 g/mol. The number of carbonyl (C=O) groups is 2. The minimum absolute atomic E-state index is 0.0266. The molecular formula is C15H16O4. The number of hydrogen-bond donors (Lipinski definition) is 1. The van der Waals surface area contributed by atoms with Crippen LogP contribution in [0.5, 0.6) is 11.5 Å². The van der Waals surface area contributed by atoms with Crippen molar-refractivity contribution in [3.63, 3.8) is 0 Å². The largest absolute Gasteiger partial charge is 0.504 e. The third kappa shape index (κ3) is 4.43. The molecule has 1 aromatic carbocycles. The van der Waals surface area contributed by atoms with Crippen LogP contribution in [0.2, 0.25) is 0 Å². The van der Waals surface area contributed by atoms with Gasteiger partial charge < -0.3 is 9.84 Å². The Labute approximate surface area is 112 Å². The first-order chi connectivity index (χ1) is 9.08. The normalized spacial score (nSPS) is 10.4. The molecule has 1 N–H and O–H groups in total. The van der Waals surface area contributed by atoms with Crippen LogP contribution in [-0.2, 0) is 9.59 Å². The van der Waals surface area contributed by atoms with Crippen molar-refractivity contribution in [2.24, 2.45) is 0 Å². The second-order valence-corrected chi connectivity index (χ2v) is 3.88. The lowest BCUT2D eigenvalue weighted by molar-refractivity contribution is -0.135. The Morgan fingerprint density at radius 3 is 2.58 bits per heavy atom. The topological polar surface area (TPSA) is 63.6 Å². The van der Waals surface area contributed by atoms with E-state index in [0.29, 0.717) is 5.75 Å². The smallest absolute Gasteiger partial charge is 0.202 e. The van der Waals surface area contributed by atoms with Crippen LogP contribution in [0.15, 0.2) is 36.9 Å². The van der Waals surface area contributed by atoms with Crippen molar-refractivity contribution in [1.29, 1.82) is 0 Å². The Morgan fingerprint density at radius 2 is 2.00 bits per heavy atom. The zero-order valence-electron chi connectivity index (χ0n) is 10.8. The molecular weight excluding hydrogens is 244 g/mol. The molecule has 0 radical (unpaired) electrons. The molecule has 0 amide bonds. The van der Waals surface area contributed by atoms with E-state index < -0.39 is 11.6 Å². The summed E-state index contributed by atoms with van der Waals surface area (Å²) in [5.41, 5.74) is 0.724. The molecule has 0 aromatic heterocycles. The Morgan fingerprint density at radius 1 is 1.32 bits per heavy atom. The monoisotopic (exact) mass is 260 g/mol. The summed E-state index contributed by atoms with van der Waals surface area (Å²) in [5.74, 6) is -0.487. The molecule has 0 fully saturated rings. The Kier molecular flexibility index (Phi) is 5.54. The Balaban J connectivity index is 2.62. The summed E-state index contributed by atoms with van der Waals surface area (Å²) in [6.45, 7) is 3.41. The van der Waals surface area contributed by atoms with Crippen LogP contribution in [0.4, 0.5) is 0 Å². The van der Waals surface area contributed by atoms with Crippen molar-refractivity contribution in [2.45, 2.75) is 12.8 Å². The van der Waals surface area contributed by atoms with Crippen molar-refractivity contribution in [1.82, 2.24) is 0 Å². The van der Waals surface area contributed by atoms with Gasteiger partial charge in [-0.25, -0.2) is 0 Å². The zero-order chi connectivity index (χ0) is 14.3. The highest BCUT2D eigenvalue weighted by Crippen LogP contribution is 2.26. The zero-order valence-corrected chi connectivity index (χ0v) is 10.8. The van der Waals surface area contributed by atoms with Gasteiger partial charge in [-0.1, -0.05) is 24.3 Å². The molecule has 4 nitrogen and oxygen atoms in total. The molecule has 1 rings (SSSR count). The molecule has 0 atom stereocenters. The molecule has 4 heteroatoms. The van der Waals surface area contributed by atoms with Crippen LogP contribution in [0.25, 0.3) is 6.08 Å².